The maximum Gasteiger partial charge on any atom is 0.243 e. The van der Waals surface area contributed by atoms with E-state index in [9.17, 15) is 9.59 Å². The van der Waals surface area contributed by atoms with Crippen LogP contribution in [0.15, 0.2) is 41.8 Å². The molecular weight excluding hydrogens is 324 g/mol. The van der Waals surface area contributed by atoms with Gasteiger partial charge in [0.15, 0.2) is 0 Å². The minimum Gasteiger partial charge on any atom is -0.497 e. The van der Waals surface area contributed by atoms with Gasteiger partial charge in [0, 0.05) is 17.8 Å². The molecule has 24 heavy (non-hydrogen) atoms. The normalized spacial score (nSPS) is 17.1. The quantitative estimate of drug-likeness (QED) is 0.876. The Morgan fingerprint density at radius 1 is 1.38 bits per heavy atom. The molecule has 3 rings (SSSR count). The Bertz CT molecular complexity index is 715. The summed E-state index contributed by atoms with van der Waals surface area (Å²) in [5, 5.41) is 4.92. The Morgan fingerprint density at radius 3 is 3.00 bits per heavy atom. The van der Waals surface area contributed by atoms with E-state index in [2.05, 4.69) is 5.32 Å². The third kappa shape index (κ3) is 3.76. The molecule has 0 spiro atoms. The average molecular weight is 344 g/mol. The molecule has 1 aliphatic heterocycles. The predicted molar refractivity (Wildman–Crippen MR) is 92.7 cm³/mol. The van der Waals surface area contributed by atoms with Crippen LogP contribution in [0.25, 0.3) is 0 Å². The van der Waals surface area contributed by atoms with Crippen LogP contribution in [0.1, 0.15) is 23.3 Å². The smallest absolute Gasteiger partial charge is 0.243 e. The van der Waals surface area contributed by atoms with Crippen molar-refractivity contribution in [3.8, 4) is 5.75 Å². The van der Waals surface area contributed by atoms with Crippen LogP contribution in [0.4, 0.5) is 0 Å². The van der Waals surface area contributed by atoms with Crippen molar-refractivity contribution in [2.75, 3.05) is 7.11 Å². The lowest BCUT2D eigenvalue weighted by Crippen LogP contribution is -2.43. The molecule has 126 valence electrons. The standard InChI is InChI=1S/C18H20N2O3S/c1-23-14-5-2-4-13(10-14)11-19-18(22)16-7-8-17(21)20(16)12-15-6-3-9-24-15/h2-6,9-10,16H,7-8,11-12H2,1H3,(H,19,22)/t16-/m1/s1. The topological polar surface area (TPSA) is 58.6 Å². The highest BCUT2D eigenvalue weighted by Crippen LogP contribution is 2.23. The van der Waals surface area contributed by atoms with Crippen molar-refractivity contribution in [2.45, 2.75) is 32.0 Å². The fourth-order valence-corrected chi connectivity index (χ4v) is 3.57. The monoisotopic (exact) mass is 344 g/mol. The zero-order valence-electron chi connectivity index (χ0n) is 13.5. The van der Waals surface area contributed by atoms with E-state index in [1.807, 2.05) is 41.8 Å². The number of nitrogens with one attached hydrogen (secondary N) is 1. The summed E-state index contributed by atoms with van der Waals surface area (Å²) in [6.07, 6.45) is 1.01. The van der Waals surface area contributed by atoms with Crippen molar-refractivity contribution in [2.24, 2.45) is 0 Å². The van der Waals surface area contributed by atoms with Crippen LogP contribution in [0.5, 0.6) is 5.75 Å². The van der Waals surface area contributed by atoms with E-state index in [-0.39, 0.29) is 17.9 Å². The van der Waals surface area contributed by atoms with E-state index in [1.165, 1.54) is 0 Å². The first-order valence-corrected chi connectivity index (χ1v) is 8.78. The molecule has 1 saturated heterocycles. The van der Waals surface area contributed by atoms with Crippen molar-refractivity contribution >= 4 is 23.2 Å². The summed E-state index contributed by atoms with van der Waals surface area (Å²) < 4.78 is 5.19. The second-order valence-electron chi connectivity index (χ2n) is 5.72. The van der Waals surface area contributed by atoms with Gasteiger partial charge < -0.3 is 15.0 Å². The number of ether oxygens (including phenoxy) is 1. The van der Waals surface area contributed by atoms with Gasteiger partial charge in [0.25, 0.3) is 0 Å². The molecule has 1 atom stereocenters. The van der Waals surface area contributed by atoms with E-state index in [4.69, 9.17) is 4.74 Å². The second-order valence-corrected chi connectivity index (χ2v) is 6.76. The number of carbonyl (C=O) groups excluding carboxylic acids is 2. The van der Waals surface area contributed by atoms with Gasteiger partial charge in [0.1, 0.15) is 11.8 Å². The van der Waals surface area contributed by atoms with Gasteiger partial charge in [-0.25, -0.2) is 0 Å². The predicted octanol–water partition coefficient (Wildman–Crippen LogP) is 2.56. The minimum atomic E-state index is -0.384. The Morgan fingerprint density at radius 2 is 2.25 bits per heavy atom. The van der Waals surface area contributed by atoms with Gasteiger partial charge >= 0.3 is 0 Å². The molecule has 1 aromatic heterocycles. The van der Waals surface area contributed by atoms with Gasteiger partial charge in [-0.05, 0) is 35.6 Å². The Hall–Kier alpha value is -2.34. The Balaban J connectivity index is 1.61. The van der Waals surface area contributed by atoms with Crippen molar-refractivity contribution in [1.29, 1.82) is 0 Å². The number of methoxy groups -OCH3 is 1. The number of amides is 2. The molecule has 1 aromatic carbocycles. The molecule has 0 unspecified atom stereocenters. The molecule has 6 heteroatoms. The van der Waals surface area contributed by atoms with Crippen LogP contribution in [0.3, 0.4) is 0 Å². The summed E-state index contributed by atoms with van der Waals surface area (Å²) in [5.41, 5.74) is 0.969. The van der Waals surface area contributed by atoms with E-state index in [1.54, 1.807) is 23.3 Å². The zero-order valence-corrected chi connectivity index (χ0v) is 14.3. The van der Waals surface area contributed by atoms with Crippen molar-refractivity contribution in [3.63, 3.8) is 0 Å². The number of thiophene rings is 1. The lowest BCUT2D eigenvalue weighted by molar-refractivity contribution is -0.135. The second kappa shape index (κ2) is 7.49. The Labute approximate surface area is 145 Å². The molecule has 1 fully saturated rings. The first-order chi connectivity index (χ1) is 11.7. The molecule has 1 aliphatic rings. The number of nitrogens with zero attached hydrogens (tertiary/aromatic N) is 1. The van der Waals surface area contributed by atoms with Crippen LogP contribution in [-0.2, 0) is 22.7 Å². The van der Waals surface area contributed by atoms with E-state index >= 15 is 0 Å². The third-order valence-electron chi connectivity index (χ3n) is 4.14. The van der Waals surface area contributed by atoms with Crippen LogP contribution < -0.4 is 10.1 Å². The fourth-order valence-electron chi connectivity index (χ4n) is 2.86. The van der Waals surface area contributed by atoms with Crippen LogP contribution in [-0.4, -0.2) is 29.9 Å². The van der Waals surface area contributed by atoms with E-state index in [0.717, 1.165) is 16.2 Å². The van der Waals surface area contributed by atoms with Crippen molar-refractivity contribution in [1.82, 2.24) is 10.2 Å². The molecule has 0 saturated carbocycles. The lowest BCUT2D eigenvalue weighted by Gasteiger charge is -2.23. The zero-order chi connectivity index (χ0) is 16.9. The molecule has 2 aromatic rings. The maximum atomic E-state index is 12.5. The number of likely N-dealkylation sites (tertiary alicyclic amines) is 1. The summed E-state index contributed by atoms with van der Waals surface area (Å²) in [4.78, 5) is 27.4. The summed E-state index contributed by atoms with van der Waals surface area (Å²) in [5.74, 6) is 0.710. The van der Waals surface area contributed by atoms with Crippen molar-refractivity contribution < 1.29 is 14.3 Å². The van der Waals surface area contributed by atoms with Gasteiger partial charge in [-0.15, -0.1) is 11.3 Å². The van der Waals surface area contributed by atoms with Gasteiger partial charge in [0.2, 0.25) is 11.8 Å². The fraction of sp³-hybridized carbons (Fsp3) is 0.333. The molecule has 1 N–H and O–H groups in total. The number of carbonyl (C=O) groups is 2. The van der Waals surface area contributed by atoms with Crippen LogP contribution in [0.2, 0.25) is 0 Å². The highest BCUT2D eigenvalue weighted by atomic mass is 32.1. The molecule has 0 radical (unpaired) electrons. The molecule has 0 aliphatic carbocycles. The van der Waals surface area contributed by atoms with Crippen LogP contribution in [0, 0.1) is 0 Å². The lowest BCUT2D eigenvalue weighted by atomic mass is 10.1. The van der Waals surface area contributed by atoms with Gasteiger partial charge in [-0.3, -0.25) is 9.59 Å². The summed E-state index contributed by atoms with van der Waals surface area (Å²) in [6, 6.07) is 11.1. The maximum absolute atomic E-state index is 12.5. The van der Waals surface area contributed by atoms with E-state index in [0.29, 0.717) is 25.9 Å². The van der Waals surface area contributed by atoms with E-state index < -0.39 is 0 Å². The largest absolute Gasteiger partial charge is 0.497 e. The van der Waals surface area contributed by atoms with Gasteiger partial charge in [0.05, 0.1) is 13.7 Å². The van der Waals surface area contributed by atoms with Gasteiger partial charge in [-0.2, -0.15) is 0 Å². The summed E-state index contributed by atoms with van der Waals surface area (Å²) in [7, 11) is 1.62. The molecule has 2 heterocycles. The average Bonchev–Trinajstić information content (AvgIpc) is 3.24. The molecule has 5 nitrogen and oxygen atoms in total. The molecule has 2 amide bonds. The Kier molecular flexibility index (Phi) is 5.15. The minimum absolute atomic E-state index is 0.0462. The summed E-state index contributed by atoms with van der Waals surface area (Å²) >= 11 is 1.60. The highest BCUT2D eigenvalue weighted by molar-refractivity contribution is 7.09. The van der Waals surface area contributed by atoms with Gasteiger partial charge in [-0.1, -0.05) is 18.2 Å². The highest BCUT2D eigenvalue weighted by Gasteiger charge is 2.35. The van der Waals surface area contributed by atoms with Crippen molar-refractivity contribution in [3.05, 3.63) is 52.2 Å². The SMILES string of the molecule is COc1cccc(CNC(=O)[C@H]2CCC(=O)N2Cc2cccs2)c1. The summed E-state index contributed by atoms with van der Waals surface area (Å²) in [6.45, 7) is 0.932. The molecular formula is C18H20N2O3S. The number of rotatable bonds is 6. The number of hydrogen-bond acceptors (Lipinski definition) is 4. The number of benzene rings is 1. The number of hydrogen-bond donors (Lipinski definition) is 1. The van der Waals surface area contributed by atoms with Crippen LogP contribution >= 0.6 is 11.3 Å². The third-order valence-corrected chi connectivity index (χ3v) is 5.00. The first kappa shape index (κ1) is 16.5. The molecule has 0 bridgehead atoms. The first-order valence-electron chi connectivity index (χ1n) is 7.90.